The number of piperazine rings is 1. The number of pyridine rings is 1. The summed E-state index contributed by atoms with van der Waals surface area (Å²) in [7, 11) is -3.29. The summed E-state index contributed by atoms with van der Waals surface area (Å²) in [6.45, 7) is 3.44. The maximum Gasteiger partial charge on any atom is 0.274 e. The predicted octanol–water partition coefficient (Wildman–Crippen LogP) is 1.60. The Bertz CT molecular complexity index is 1190. The second kappa shape index (κ2) is 8.78. The number of carbonyl (C=O) groups excluding carboxylic acids is 1. The van der Waals surface area contributed by atoms with Crippen LogP contribution in [-0.4, -0.2) is 61.7 Å². The van der Waals surface area contributed by atoms with E-state index in [0.717, 1.165) is 38.1 Å². The first-order chi connectivity index (χ1) is 14.9. The summed E-state index contributed by atoms with van der Waals surface area (Å²) < 4.78 is 23.3. The van der Waals surface area contributed by atoms with Crippen LogP contribution in [0.4, 0.5) is 11.4 Å². The molecular formula is C21H22N6O3S. The van der Waals surface area contributed by atoms with Crippen molar-refractivity contribution in [2.24, 2.45) is 0 Å². The topological polar surface area (TPSA) is 117 Å². The van der Waals surface area contributed by atoms with Crippen LogP contribution >= 0.6 is 0 Å². The van der Waals surface area contributed by atoms with Crippen molar-refractivity contribution in [3.05, 3.63) is 60.7 Å². The number of hydrogen-bond acceptors (Lipinski definition) is 8. The third kappa shape index (κ3) is 4.86. The molecule has 1 amide bonds. The highest BCUT2D eigenvalue weighted by molar-refractivity contribution is 7.90. The Hall–Kier alpha value is -3.37. The Morgan fingerprint density at radius 3 is 2.52 bits per heavy atom. The highest BCUT2D eigenvalue weighted by atomic mass is 32.2. The Kier molecular flexibility index (Phi) is 5.92. The van der Waals surface area contributed by atoms with E-state index in [2.05, 4.69) is 30.5 Å². The summed E-state index contributed by atoms with van der Waals surface area (Å²) in [5.41, 5.74) is 2.35. The molecule has 1 aliphatic heterocycles. The number of nitrogens with zero attached hydrogens (tertiary/aromatic N) is 4. The fourth-order valence-electron chi connectivity index (χ4n) is 3.33. The van der Waals surface area contributed by atoms with Crippen molar-refractivity contribution in [3.63, 3.8) is 0 Å². The summed E-state index contributed by atoms with van der Waals surface area (Å²) in [5, 5.41) is 6.21. The third-order valence-corrected chi connectivity index (χ3v) is 6.06. The lowest BCUT2D eigenvalue weighted by Gasteiger charge is -2.30. The van der Waals surface area contributed by atoms with E-state index in [1.807, 2.05) is 6.07 Å². The Morgan fingerprint density at radius 2 is 1.81 bits per heavy atom. The Balaban J connectivity index is 1.56. The van der Waals surface area contributed by atoms with Gasteiger partial charge in [-0.15, -0.1) is 0 Å². The van der Waals surface area contributed by atoms with Crippen molar-refractivity contribution in [1.29, 1.82) is 0 Å². The molecule has 3 heterocycles. The van der Waals surface area contributed by atoms with Crippen molar-refractivity contribution in [3.8, 4) is 11.4 Å². The standard InChI is InChI=1S/C21H22N6O3S/c1-31(29,30)16-4-2-15(3-5-16)20-24-9-6-17(25-20)21(28)26-18-14-23-8-7-19(18)27-12-10-22-11-13-27/h2-9,14,22H,10-13H2,1H3,(H,26,28). The van der Waals surface area contributed by atoms with Crippen molar-refractivity contribution in [1.82, 2.24) is 20.3 Å². The van der Waals surface area contributed by atoms with Crippen LogP contribution in [0.2, 0.25) is 0 Å². The molecule has 0 atom stereocenters. The van der Waals surface area contributed by atoms with E-state index in [9.17, 15) is 13.2 Å². The highest BCUT2D eigenvalue weighted by Gasteiger charge is 2.17. The maximum atomic E-state index is 12.9. The molecule has 1 aromatic carbocycles. The van der Waals surface area contributed by atoms with Gasteiger partial charge in [-0.25, -0.2) is 18.4 Å². The molecule has 0 bridgehead atoms. The average molecular weight is 439 g/mol. The van der Waals surface area contributed by atoms with Gasteiger partial charge in [-0.2, -0.15) is 0 Å². The molecule has 4 rings (SSSR count). The summed E-state index contributed by atoms with van der Waals surface area (Å²) >= 11 is 0. The second-order valence-corrected chi connectivity index (χ2v) is 9.16. The van der Waals surface area contributed by atoms with E-state index in [1.165, 1.54) is 24.4 Å². The SMILES string of the molecule is CS(=O)(=O)c1ccc(-c2nccc(C(=O)Nc3cnccc3N3CCNCC3)n2)cc1. The van der Waals surface area contributed by atoms with Crippen LogP contribution in [0, 0.1) is 0 Å². The minimum absolute atomic E-state index is 0.201. The number of nitrogens with one attached hydrogen (secondary N) is 2. The van der Waals surface area contributed by atoms with Crippen LogP contribution in [0.3, 0.4) is 0 Å². The largest absolute Gasteiger partial charge is 0.367 e. The van der Waals surface area contributed by atoms with E-state index in [1.54, 1.807) is 24.5 Å². The van der Waals surface area contributed by atoms with Crippen LogP contribution < -0.4 is 15.5 Å². The predicted molar refractivity (Wildman–Crippen MR) is 118 cm³/mol. The summed E-state index contributed by atoms with van der Waals surface area (Å²) in [4.78, 5) is 28.0. The zero-order valence-electron chi connectivity index (χ0n) is 16.9. The quantitative estimate of drug-likeness (QED) is 0.617. The molecule has 10 heteroatoms. The summed E-state index contributed by atoms with van der Waals surface area (Å²) in [6.07, 6.45) is 5.98. The number of rotatable bonds is 5. The van der Waals surface area contributed by atoms with Gasteiger partial charge in [0.1, 0.15) is 5.69 Å². The van der Waals surface area contributed by atoms with E-state index >= 15 is 0 Å². The number of carbonyl (C=O) groups is 1. The first-order valence-electron chi connectivity index (χ1n) is 9.76. The van der Waals surface area contributed by atoms with Crippen molar-refractivity contribution in [2.75, 3.05) is 42.7 Å². The van der Waals surface area contributed by atoms with Gasteiger partial charge in [-0.1, -0.05) is 0 Å². The molecule has 0 spiro atoms. The van der Waals surface area contributed by atoms with E-state index in [-0.39, 0.29) is 16.5 Å². The van der Waals surface area contributed by atoms with Crippen LogP contribution in [0.5, 0.6) is 0 Å². The zero-order valence-corrected chi connectivity index (χ0v) is 17.8. The zero-order chi connectivity index (χ0) is 21.8. The number of amides is 1. The number of anilines is 2. The first kappa shape index (κ1) is 20.9. The molecule has 0 unspecified atom stereocenters. The Morgan fingerprint density at radius 1 is 1.06 bits per heavy atom. The van der Waals surface area contributed by atoms with Crippen LogP contribution in [0.15, 0.2) is 59.9 Å². The number of aromatic nitrogens is 3. The normalized spacial score (nSPS) is 14.3. The van der Waals surface area contributed by atoms with Gasteiger partial charge in [0.2, 0.25) is 0 Å². The lowest BCUT2D eigenvalue weighted by Crippen LogP contribution is -2.43. The summed E-state index contributed by atoms with van der Waals surface area (Å²) in [5.74, 6) is -0.0398. The molecule has 1 saturated heterocycles. The number of hydrogen-bond donors (Lipinski definition) is 2. The van der Waals surface area contributed by atoms with Crippen LogP contribution in [0.1, 0.15) is 10.5 Å². The van der Waals surface area contributed by atoms with Crippen molar-refractivity contribution in [2.45, 2.75) is 4.90 Å². The van der Waals surface area contributed by atoms with Gasteiger partial charge in [0, 0.05) is 50.4 Å². The highest BCUT2D eigenvalue weighted by Crippen LogP contribution is 2.25. The van der Waals surface area contributed by atoms with E-state index in [0.29, 0.717) is 17.1 Å². The number of benzene rings is 1. The van der Waals surface area contributed by atoms with Gasteiger partial charge in [-0.3, -0.25) is 9.78 Å². The molecule has 0 aliphatic carbocycles. The van der Waals surface area contributed by atoms with Crippen LogP contribution in [-0.2, 0) is 9.84 Å². The lowest BCUT2D eigenvalue weighted by molar-refractivity contribution is 0.102. The van der Waals surface area contributed by atoms with Gasteiger partial charge in [0.15, 0.2) is 15.7 Å². The third-order valence-electron chi connectivity index (χ3n) is 4.93. The monoisotopic (exact) mass is 438 g/mol. The molecule has 2 N–H and O–H groups in total. The lowest BCUT2D eigenvalue weighted by atomic mass is 10.2. The molecule has 3 aromatic rings. The van der Waals surface area contributed by atoms with E-state index < -0.39 is 9.84 Å². The molecule has 31 heavy (non-hydrogen) atoms. The van der Waals surface area contributed by atoms with E-state index in [4.69, 9.17) is 0 Å². The average Bonchev–Trinajstić information content (AvgIpc) is 2.79. The molecule has 0 radical (unpaired) electrons. The smallest absolute Gasteiger partial charge is 0.274 e. The summed E-state index contributed by atoms with van der Waals surface area (Å²) in [6, 6.07) is 9.65. The van der Waals surface area contributed by atoms with Crippen LogP contribution in [0.25, 0.3) is 11.4 Å². The van der Waals surface area contributed by atoms with Crippen molar-refractivity contribution >= 4 is 27.1 Å². The van der Waals surface area contributed by atoms with Crippen molar-refractivity contribution < 1.29 is 13.2 Å². The molecule has 1 aliphatic rings. The second-order valence-electron chi connectivity index (χ2n) is 7.15. The first-order valence-corrected chi connectivity index (χ1v) is 11.7. The van der Waals surface area contributed by atoms with Gasteiger partial charge >= 0.3 is 0 Å². The van der Waals surface area contributed by atoms with Gasteiger partial charge in [0.05, 0.1) is 22.5 Å². The fraction of sp³-hybridized carbons (Fsp3) is 0.238. The molecular weight excluding hydrogens is 416 g/mol. The van der Waals surface area contributed by atoms with Gasteiger partial charge < -0.3 is 15.5 Å². The van der Waals surface area contributed by atoms with Gasteiger partial charge in [0.25, 0.3) is 5.91 Å². The molecule has 1 fully saturated rings. The van der Waals surface area contributed by atoms with Gasteiger partial charge in [-0.05, 0) is 36.4 Å². The molecule has 9 nitrogen and oxygen atoms in total. The molecule has 160 valence electrons. The molecule has 0 saturated carbocycles. The Labute approximate surface area is 180 Å². The molecule has 2 aromatic heterocycles. The minimum Gasteiger partial charge on any atom is -0.367 e. The maximum absolute atomic E-state index is 12.9. The minimum atomic E-state index is -3.29. The number of sulfone groups is 1. The fourth-order valence-corrected chi connectivity index (χ4v) is 3.96.